The minimum absolute atomic E-state index is 0.00426. The highest BCUT2D eigenvalue weighted by Gasteiger charge is 2.75. The molecular weight excluding hydrogens is 466 g/mol. The molecule has 182 valence electrons. The van der Waals surface area contributed by atoms with Gasteiger partial charge in [0, 0.05) is 30.7 Å². The fourth-order valence-corrected chi connectivity index (χ4v) is 5.45. The molecule has 3 N–H and O–H groups in total. The van der Waals surface area contributed by atoms with E-state index in [9.17, 15) is 27.2 Å². The Hall–Kier alpha value is -3.69. The number of H-pyrrole nitrogens is 1. The summed E-state index contributed by atoms with van der Waals surface area (Å²) in [6, 6.07) is 8.43. The lowest BCUT2D eigenvalue weighted by molar-refractivity contribution is -0.123. The molecule has 1 amide bonds. The number of rotatable bonds is 5. The summed E-state index contributed by atoms with van der Waals surface area (Å²) in [7, 11) is 0. The average molecular weight is 487 g/mol. The van der Waals surface area contributed by atoms with Gasteiger partial charge < -0.3 is 15.5 Å². The lowest BCUT2D eigenvalue weighted by atomic mass is 9.69. The van der Waals surface area contributed by atoms with E-state index in [-0.39, 0.29) is 36.3 Å². The lowest BCUT2D eigenvalue weighted by Crippen LogP contribution is -2.41. The van der Waals surface area contributed by atoms with Gasteiger partial charge in [0.1, 0.15) is 11.6 Å². The Labute approximate surface area is 197 Å². The molecule has 35 heavy (non-hydrogen) atoms. The number of pyridine rings is 2. The largest absolute Gasteiger partial charge is 0.453 e. The van der Waals surface area contributed by atoms with E-state index in [1.807, 2.05) is 0 Å². The molecule has 2 fully saturated rings. The fraction of sp³-hybridized carbons (Fsp3) is 0.320. The number of carbonyl (C=O) groups excluding carboxylic acids is 1. The first-order chi connectivity index (χ1) is 16.6. The normalized spacial score (nSPS) is 26.9. The number of ether oxygens (including phenoxy) is 1. The first kappa shape index (κ1) is 23.1. The average Bonchev–Trinajstić information content (AvgIpc) is 3.48. The summed E-state index contributed by atoms with van der Waals surface area (Å²) in [5.41, 5.74) is 3.98. The van der Waals surface area contributed by atoms with Gasteiger partial charge in [-0.05, 0) is 54.5 Å². The Morgan fingerprint density at radius 3 is 2.54 bits per heavy atom. The minimum Gasteiger partial charge on any atom is -0.453 e. The smallest absolute Gasteiger partial charge is 0.255 e. The van der Waals surface area contributed by atoms with Crippen LogP contribution >= 0.6 is 0 Å². The molecule has 10 heteroatoms. The Morgan fingerprint density at radius 2 is 1.91 bits per heavy atom. The number of aromatic nitrogens is 2. The van der Waals surface area contributed by atoms with E-state index in [1.54, 1.807) is 0 Å². The first-order valence-electron chi connectivity index (χ1n) is 11.0. The Morgan fingerprint density at radius 1 is 1.11 bits per heavy atom. The van der Waals surface area contributed by atoms with Crippen LogP contribution in [0.1, 0.15) is 42.9 Å². The van der Waals surface area contributed by atoms with Gasteiger partial charge in [0.15, 0.2) is 11.6 Å². The van der Waals surface area contributed by atoms with Crippen molar-refractivity contribution in [1.29, 1.82) is 0 Å². The fourth-order valence-electron chi connectivity index (χ4n) is 5.45. The molecule has 1 aromatic carbocycles. The van der Waals surface area contributed by atoms with Gasteiger partial charge in [-0.3, -0.25) is 14.6 Å². The third-order valence-corrected chi connectivity index (χ3v) is 7.35. The highest BCUT2D eigenvalue weighted by atomic mass is 19.3. The van der Waals surface area contributed by atoms with E-state index in [2.05, 4.69) is 9.97 Å². The Bertz CT molecular complexity index is 1340. The Kier molecular flexibility index (Phi) is 5.23. The molecule has 3 atom stereocenters. The second kappa shape index (κ2) is 7.93. The number of nitrogens with one attached hydrogen (secondary N) is 1. The quantitative estimate of drug-likeness (QED) is 0.516. The number of hydrogen-bond donors (Lipinski definition) is 2. The van der Waals surface area contributed by atoms with Crippen LogP contribution in [-0.4, -0.2) is 21.8 Å². The Balaban J connectivity index is 1.43. The van der Waals surface area contributed by atoms with Crippen molar-refractivity contribution in [2.24, 2.45) is 11.1 Å². The molecule has 6 nitrogen and oxygen atoms in total. The molecule has 5 rings (SSSR count). The van der Waals surface area contributed by atoms with Crippen LogP contribution in [0.5, 0.6) is 11.5 Å². The van der Waals surface area contributed by atoms with E-state index in [1.165, 1.54) is 36.7 Å². The summed E-state index contributed by atoms with van der Waals surface area (Å²) in [6.45, 7) is 0. The van der Waals surface area contributed by atoms with Gasteiger partial charge in [-0.25, -0.2) is 17.6 Å². The van der Waals surface area contributed by atoms with E-state index < -0.39 is 52.2 Å². The number of amides is 1. The zero-order valence-corrected chi connectivity index (χ0v) is 18.4. The van der Waals surface area contributed by atoms with Crippen LogP contribution in [0.4, 0.5) is 17.6 Å². The van der Waals surface area contributed by atoms with E-state index in [0.29, 0.717) is 11.8 Å². The third-order valence-electron chi connectivity index (χ3n) is 7.35. The summed E-state index contributed by atoms with van der Waals surface area (Å²) >= 11 is 0. The molecule has 1 spiro atoms. The van der Waals surface area contributed by atoms with Gasteiger partial charge in [-0.2, -0.15) is 0 Å². The van der Waals surface area contributed by atoms with Crippen molar-refractivity contribution >= 4 is 5.91 Å². The van der Waals surface area contributed by atoms with Crippen molar-refractivity contribution in [3.8, 4) is 11.5 Å². The minimum atomic E-state index is -3.01. The van der Waals surface area contributed by atoms with Crippen LogP contribution < -0.4 is 16.0 Å². The van der Waals surface area contributed by atoms with Gasteiger partial charge in [0.25, 0.3) is 5.92 Å². The molecular formula is C25H21F4N3O3. The number of aromatic amines is 1. The SMILES string of the molecule is NC(=O)C1(c2ccc(Oc3ccc(F)cc3F)cn2)CC12CCC(F)(F)C(c1ccc(=O)[nH]c1)C2. The summed E-state index contributed by atoms with van der Waals surface area (Å²) in [5.74, 6) is -6.56. The van der Waals surface area contributed by atoms with Crippen LogP contribution in [0.2, 0.25) is 0 Å². The second-order valence-corrected chi connectivity index (χ2v) is 9.29. The molecule has 0 saturated heterocycles. The van der Waals surface area contributed by atoms with Crippen LogP contribution in [0.3, 0.4) is 0 Å². The predicted octanol–water partition coefficient (Wildman–Crippen LogP) is 4.56. The van der Waals surface area contributed by atoms with Crippen LogP contribution in [0.15, 0.2) is 59.7 Å². The summed E-state index contributed by atoms with van der Waals surface area (Å²) in [4.78, 5) is 30.8. The molecule has 3 aromatic rings. The zero-order valence-electron chi connectivity index (χ0n) is 18.4. The van der Waals surface area contributed by atoms with Crippen LogP contribution in [0.25, 0.3) is 0 Å². The lowest BCUT2D eigenvalue weighted by Gasteiger charge is -2.38. The molecule has 2 aliphatic rings. The van der Waals surface area contributed by atoms with E-state index in [4.69, 9.17) is 10.5 Å². The standard InChI is InChI=1S/C25H21F4N3O3/c26-15-2-4-19(18(27)9-15)35-16-3-5-20(31-12-16)24(22(30)34)13-23(24)7-8-25(28,29)17(10-23)14-1-6-21(33)32-11-14/h1-6,9,11-12,17H,7-8,10,13H2,(H2,30,34)(H,32,33). The van der Waals surface area contributed by atoms with Crippen molar-refractivity contribution < 1.29 is 27.1 Å². The highest BCUT2D eigenvalue weighted by Crippen LogP contribution is 2.73. The molecule has 0 radical (unpaired) electrons. The van der Waals surface area contributed by atoms with Crippen molar-refractivity contribution in [2.45, 2.75) is 42.9 Å². The van der Waals surface area contributed by atoms with E-state index in [0.717, 1.165) is 12.1 Å². The second-order valence-electron chi connectivity index (χ2n) is 9.29. The van der Waals surface area contributed by atoms with Crippen molar-refractivity contribution in [3.05, 3.63) is 88.1 Å². The zero-order chi connectivity index (χ0) is 25.0. The number of hydrogen-bond acceptors (Lipinski definition) is 4. The molecule has 0 aliphatic heterocycles. The number of halogens is 4. The molecule has 0 bridgehead atoms. The summed E-state index contributed by atoms with van der Waals surface area (Å²) < 4.78 is 62.2. The summed E-state index contributed by atoms with van der Waals surface area (Å²) in [6.07, 6.45) is 2.49. The third kappa shape index (κ3) is 3.77. The maximum Gasteiger partial charge on any atom is 0.255 e. The van der Waals surface area contributed by atoms with Gasteiger partial charge in [0.2, 0.25) is 11.5 Å². The molecule has 3 unspecified atom stereocenters. The van der Waals surface area contributed by atoms with E-state index >= 15 is 0 Å². The number of benzene rings is 1. The van der Waals surface area contributed by atoms with Crippen molar-refractivity contribution in [1.82, 2.24) is 9.97 Å². The number of primary amides is 1. The van der Waals surface area contributed by atoms with Crippen molar-refractivity contribution in [3.63, 3.8) is 0 Å². The van der Waals surface area contributed by atoms with Gasteiger partial charge in [-0.1, -0.05) is 6.07 Å². The predicted molar refractivity (Wildman–Crippen MR) is 117 cm³/mol. The van der Waals surface area contributed by atoms with Gasteiger partial charge in [0.05, 0.1) is 17.3 Å². The monoisotopic (exact) mass is 487 g/mol. The van der Waals surface area contributed by atoms with Crippen LogP contribution in [-0.2, 0) is 10.2 Å². The number of carbonyl (C=O) groups is 1. The number of alkyl halides is 2. The molecule has 2 saturated carbocycles. The van der Waals surface area contributed by atoms with Gasteiger partial charge >= 0.3 is 0 Å². The number of nitrogens with zero attached hydrogens (tertiary/aromatic N) is 1. The maximum atomic E-state index is 14.9. The maximum absolute atomic E-state index is 14.9. The summed E-state index contributed by atoms with van der Waals surface area (Å²) in [5, 5.41) is 0. The highest BCUT2D eigenvalue weighted by molar-refractivity contribution is 5.91. The van der Waals surface area contributed by atoms with Gasteiger partial charge in [-0.15, -0.1) is 0 Å². The van der Waals surface area contributed by atoms with Crippen molar-refractivity contribution in [2.75, 3.05) is 0 Å². The molecule has 2 aromatic heterocycles. The molecule has 2 aliphatic carbocycles. The first-order valence-corrected chi connectivity index (χ1v) is 11.0. The van der Waals surface area contributed by atoms with Crippen LogP contribution in [0, 0.1) is 17.0 Å². The molecule has 2 heterocycles. The topological polar surface area (TPSA) is 98.1 Å². The number of nitrogens with two attached hydrogens (primary N) is 1.